The molecule has 0 unspecified atom stereocenters. The molecule has 2 rings (SSSR count). The monoisotopic (exact) mass is 341 g/mol. The van der Waals surface area contributed by atoms with Crippen LogP contribution in [-0.2, 0) is 16.1 Å². The van der Waals surface area contributed by atoms with E-state index >= 15 is 0 Å². The molecule has 126 valence electrons. The molecule has 0 radical (unpaired) electrons. The number of benzene rings is 2. The van der Waals surface area contributed by atoms with Crippen molar-refractivity contribution in [2.45, 2.75) is 30.3 Å². The second kappa shape index (κ2) is 9.96. The average Bonchev–Trinajstić information content (AvgIpc) is 2.63. The van der Waals surface area contributed by atoms with Crippen LogP contribution < -0.4 is 0 Å². The van der Waals surface area contributed by atoms with E-state index in [0.717, 1.165) is 16.9 Å². The normalized spacial score (nSPS) is 11.9. The number of nitrogens with zero attached hydrogens (tertiary/aromatic N) is 1. The summed E-state index contributed by atoms with van der Waals surface area (Å²) in [6.45, 7) is 4.43. The Morgan fingerprint density at radius 2 is 1.79 bits per heavy atom. The largest absolute Gasteiger partial charge is 0.468 e. The minimum atomic E-state index is -0.321. The molecule has 0 aromatic heterocycles. The molecule has 0 fully saturated rings. The highest BCUT2D eigenvalue weighted by molar-refractivity contribution is 7.97. The molecule has 0 spiro atoms. The van der Waals surface area contributed by atoms with Crippen LogP contribution in [0.25, 0.3) is 0 Å². The predicted octanol–water partition coefficient (Wildman–Crippen LogP) is 4.70. The minimum Gasteiger partial charge on any atom is -0.468 e. The van der Waals surface area contributed by atoms with E-state index in [-0.39, 0.29) is 12.0 Å². The van der Waals surface area contributed by atoms with Crippen molar-refractivity contribution in [2.75, 3.05) is 7.11 Å². The van der Waals surface area contributed by atoms with Gasteiger partial charge in [-0.1, -0.05) is 54.6 Å². The van der Waals surface area contributed by atoms with Crippen LogP contribution in [0, 0.1) is 0 Å². The molecule has 0 heterocycles. The van der Waals surface area contributed by atoms with Gasteiger partial charge in [0.05, 0.1) is 7.11 Å². The molecule has 2 aromatic rings. The molecule has 0 aliphatic carbocycles. The first kappa shape index (κ1) is 18.3. The molecular formula is C20H23NO2S. The summed E-state index contributed by atoms with van der Waals surface area (Å²) in [4.78, 5) is 13.4. The summed E-state index contributed by atoms with van der Waals surface area (Å²) in [5, 5.41) is 0. The lowest BCUT2D eigenvalue weighted by atomic mass is 10.1. The third-order valence-corrected chi connectivity index (χ3v) is 4.71. The average molecular weight is 341 g/mol. The highest BCUT2D eigenvalue weighted by atomic mass is 32.2. The number of ether oxygens (including phenoxy) is 1. The van der Waals surface area contributed by atoms with Crippen LogP contribution in [0.15, 0.2) is 78.2 Å². The Kier molecular flexibility index (Phi) is 7.59. The molecule has 3 nitrogen and oxygen atoms in total. The SMILES string of the molecule is C=CCC[C@H](C(=O)OC)N(Cc1ccccc1)Sc1ccccc1. The molecule has 0 saturated heterocycles. The van der Waals surface area contributed by atoms with E-state index < -0.39 is 0 Å². The van der Waals surface area contributed by atoms with Gasteiger partial charge in [0.2, 0.25) is 0 Å². The van der Waals surface area contributed by atoms with Crippen molar-refractivity contribution in [1.29, 1.82) is 0 Å². The van der Waals surface area contributed by atoms with E-state index in [9.17, 15) is 4.79 Å². The molecule has 0 saturated carbocycles. The van der Waals surface area contributed by atoms with Crippen LogP contribution in [0.3, 0.4) is 0 Å². The number of esters is 1. The summed E-state index contributed by atoms with van der Waals surface area (Å²) in [5.41, 5.74) is 1.16. The van der Waals surface area contributed by atoms with Gasteiger partial charge >= 0.3 is 5.97 Å². The predicted molar refractivity (Wildman–Crippen MR) is 99.5 cm³/mol. The van der Waals surface area contributed by atoms with Gasteiger partial charge in [-0.3, -0.25) is 4.79 Å². The zero-order valence-electron chi connectivity index (χ0n) is 13.9. The zero-order chi connectivity index (χ0) is 17.2. The quantitative estimate of drug-likeness (QED) is 0.375. The van der Waals surface area contributed by atoms with Gasteiger partial charge in [0.1, 0.15) is 6.04 Å². The highest BCUT2D eigenvalue weighted by Crippen LogP contribution is 2.29. The third-order valence-electron chi connectivity index (χ3n) is 3.61. The first-order valence-electron chi connectivity index (χ1n) is 7.97. The lowest BCUT2D eigenvalue weighted by Crippen LogP contribution is -2.37. The standard InChI is InChI=1S/C20H23NO2S/c1-3-4-15-19(20(22)23-2)21(16-17-11-7-5-8-12-17)24-18-13-9-6-10-14-18/h3,5-14,19H,1,4,15-16H2,2H3/t19-/m1/s1. The van der Waals surface area contributed by atoms with Crippen LogP contribution in [0.4, 0.5) is 0 Å². The fourth-order valence-corrected chi connectivity index (χ4v) is 3.46. The Morgan fingerprint density at radius 3 is 2.38 bits per heavy atom. The highest BCUT2D eigenvalue weighted by Gasteiger charge is 2.27. The molecule has 0 bridgehead atoms. The van der Waals surface area contributed by atoms with Crippen molar-refractivity contribution < 1.29 is 9.53 Å². The van der Waals surface area contributed by atoms with Crippen LogP contribution in [-0.4, -0.2) is 23.4 Å². The van der Waals surface area contributed by atoms with Gasteiger partial charge in [-0.25, -0.2) is 4.31 Å². The number of hydrogen-bond acceptors (Lipinski definition) is 4. The zero-order valence-corrected chi connectivity index (χ0v) is 14.7. The van der Waals surface area contributed by atoms with Gasteiger partial charge < -0.3 is 4.74 Å². The molecule has 0 aliphatic rings. The van der Waals surface area contributed by atoms with E-state index in [0.29, 0.717) is 13.0 Å². The Labute approximate surface area is 148 Å². The molecular weight excluding hydrogens is 318 g/mol. The van der Waals surface area contributed by atoms with Crippen LogP contribution >= 0.6 is 11.9 Å². The van der Waals surface area contributed by atoms with Crippen molar-refractivity contribution in [3.8, 4) is 0 Å². The fraction of sp³-hybridized carbons (Fsp3) is 0.250. The number of carbonyl (C=O) groups is 1. The number of rotatable bonds is 9. The van der Waals surface area contributed by atoms with Crippen LogP contribution in [0.2, 0.25) is 0 Å². The van der Waals surface area contributed by atoms with E-state index in [1.165, 1.54) is 7.11 Å². The fourth-order valence-electron chi connectivity index (χ4n) is 2.38. The van der Waals surface area contributed by atoms with Gasteiger partial charge in [0.15, 0.2) is 0 Å². The van der Waals surface area contributed by atoms with E-state index in [1.54, 1.807) is 11.9 Å². The maximum absolute atomic E-state index is 12.3. The van der Waals surface area contributed by atoms with E-state index in [2.05, 4.69) is 23.0 Å². The second-order valence-electron chi connectivity index (χ2n) is 5.37. The van der Waals surface area contributed by atoms with Crippen molar-refractivity contribution in [3.05, 3.63) is 78.9 Å². The Bertz CT molecular complexity index is 589. The van der Waals surface area contributed by atoms with E-state index in [4.69, 9.17) is 4.74 Å². The maximum atomic E-state index is 12.3. The molecule has 2 aromatic carbocycles. The first-order valence-corrected chi connectivity index (χ1v) is 8.74. The van der Waals surface area contributed by atoms with Gasteiger partial charge in [0, 0.05) is 11.4 Å². The molecule has 1 atom stereocenters. The third kappa shape index (κ3) is 5.55. The summed E-state index contributed by atoms with van der Waals surface area (Å²) in [7, 11) is 1.44. The number of allylic oxidation sites excluding steroid dienone is 1. The number of carbonyl (C=O) groups excluding carboxylic acids is 1. The van der Waals surface area contributed by atoms with Gasteiger partial charge in [-0.05, 0) is 42.5 Å². The van der Waals surface area contributed by atoms with Crippen molar-refractivity contribution >= 4 is 17.9 Å². The summed E-state index contributed by atoms with van der Waals surface area (Å²) in [5.74, 6) is -0.212. The molecule has 24 heavy (non-hydrogen) atoms. The summed E-state index contributed by atoms with van der Waals surface area (Å²) >= 11 is 1.58. The summed E-state index contributed by atoms with van der Waals surface area (Å²) in [6, 6.07) is 19.9. The Morgan fingerprint density at radius 1 is 1.17 bits per heavy atom. The lowest BCUT2D eigenvalue weighted by molar-refractivity contribution is -0.145. The Hall–Kier alpha value is -2.04. The summed E-state index contributed by atoms with van der Waals surface area (Å²) in [6.07, 6.45) is 3.28. The smallest absolute Gasteiger partial charge is 0.324 e. The van der Waals surface area contributed by atoms with Gasteiger partial charge in [-0.15, -0.1) is 6.58 Å². The van der Waals surface area contributed by atoms with Gasteiger partial charge in [0.25, 0.3) is 0 Å². The Balaban J connectivity index is 2.24. The van der Waals surface area contributed by atoms with E-state index in [1.807, 2.05) is 54.6 Å². The number of hydrogen-bond donors (Lipinski definition) is 0. The molecule has 0 amide bonds. The van der Waals surface area contributed by atoms with Crippen molar-refractivity contribution in [1.82, 2.24) is 4.31 Å². The minimum absolute atomic E-state index is 0.212. The van der Waals surface area contributed by atoms with Crippen molar-refractivity contribution in [3.63, 3.8) is 0 Å². The lowest BCUT2D eigenvalue weighted by Gasteiger charge is -2.28. The molecule has 4 heteroatoms. The second-order valence-corrected chi connectivity index (χ2v) is 6.49. The first-order chi connectivity index (χ1) is 11.7. The topological polar surface area (TPSA) is 29.5 Å². The summed E-state index contributed by atoms with van der Waals surface area (Å²) < 4.78 is 7.13. The van der Waals surface area contributed by atoms with Crippen LogP contribution in [0.1, 0.15) is 18.4 Å². The van der Waals surface area contributed by atoms with Gasteiger partial charge in [-0.2, -0.15) is 0 Å². The maximum Gasteiger partial charge on any atom is 0.324 e. The van der Waals surface area contributed by atoms with Crippen LogP contribution in [0.5, 0.6) is 0 Å². The molecule has 0 aliphatic heterocycles. The molecule has 0 N–H and O–H groups in total. The number of methoxy groups -OCH3 is 1. The van der Waals surface area contributed by atoms with Crippen molar-refractivity contribution in [2.24, 2.45) is 0 Å².